The van der Waals surface area contributed by atoms with Gasteiger partial charge in [-0.25, -0.2) is 38.4 Å². The third kappa shape index (κ3) is 13.9. The Morgan fingerprint density at radius 2 is 0.500 bits per heavy atom. The number of ether oxygens (including phenoxy) is 8. The van der Waals surface area contributed by atoms with E-state index in [1.54, 1.807) is 0 Å². The van der Waals surface area contributed by atoms with Gasteiger partial charge in [0, 0.05) is 6.92 Å². The highest BCUT2D eigenvalue weighted by Gasteiger charge is 2.33. The van der Waals surface area contributed by atoms with Gasteiger partial charge in [-0.2, -0.15) is 0 Å². The number of rotatable bonds is 16. The van der Waals surface area contributed by atoms with Gasteiger partial charge in [-0.1, -0.05) is 0 Å². The molecule has 0 aromatic carbocycles. The first-order valence-corrected chi connectivity index (χ1v) is 13.0. The minimum absolute atomic E-state index is 0.753. The number of hydrogen-bond acceptors (Lipinski definition) is 17. The molecule has 0 aromatic heterocycles. The molecule has 0 aromatic rings. The summed E-state index contributed by atoms with van der Waals surface area (Å²) < 4.78 is 38.2. The summed E-state index contributed by atoms with van der Waals surface area (Å²) >= 11 is 0. The van der Waals surface area contributed by atoms with Crippen LogP contribution in [0.25, 0.3) is 0 Å². The van der Waals surface area contributed by atoms with Crippen LogP contribution < -0.4 is 0 Å². The number of carbonyl (C=O) groups excluding carboxylic acids is 8. The van der Waals surface area contributed by atoms with Gasteiger partial charge in [0.05, 0.1) is 0 Å². The van der Waals surface area contributed by atoms with Crippen molar-refractivity contribution in [1.29, 1.82) is 0 Å². The quantitative estimate of drug-likeness (QED) is 0.166. The molecule has 18 nitrogen and oxygen atoms in total. The molecule has 0 aliphatic carbocycles. The minimum atomic E-state index is -1.61. The van der Waals surface area contributed by atoms with Crippen molar-refractivity contribution in [2.45, 2.75) is 111 Å². The van der Waals surface area contributed by atoms with Crippen LogP contribution in [0.5, 0.6) is 0 Å². The maximum Gasteiger partial charge on any atom is 0.347 e. The number of aliphatic carboxylic acids is 1. The van der Waals surface area contributed by atoms with Crippen LogP contribution in [0, 0.1) is 0 Å². The molecule has 8 atom stereocenters. The van der Waals surface area contributed by atoms with Crippen molar-refractivity contribution < 1.29 is 86.2 Å². The van der Waals surface area contributed by atoms with Gasteiger partial charge in [0.1, 0.15) is 0 Å². The van der Waals surface area contributed by atoms with Crippen LogP contribution in [0.2, 0.25) is 0 Å². The number of esters is 8. The van der Waals surface area contributed by atoms with E-state index < -0.39 is 103 Å². The lowest BCUT2D eigenvalue weighted by molar-refractivity contribution is -0.189. The zero-order chi connectivity index (χ0) is 34.5. The Bertz CT molecular complexity index is 1110. The van der Waals surface area contributed by atoms with Crippen molar-refractivity contribution >= 4 is 53.7 Å². The van der Waals surface area contributed by atoms with E-state index in [-0.39, 0.29) is 0 Å². The Morgan fingerprint density at radius 3 is 0.659 bits per heavy atom. The Balaban J connectivity index is 4.79. The maximum atomic E-state index is 12.3. The molecule has 0 amide bonds. The molecule has 0 radical (unpaired) electrons. The fourth-order valence-electron chi connectivity index (χ4n) is 2.53. The van der Waals surface area contributed by atoms with E-state index in [9.17, 15) is 43.2 Å². The van der Waals surface area contributed by atoms with E-state index >= 15 is 0 Å². The van der Waals surface area contributed by atoms with Crippen LogP contribution in [0.4, 0.5) is 0 Å². The van der Waals surface area contributed by atoms with Gasteiger partial charge in [0.15, 0.2) is 48.8 Å². The Labute approximate surface area is 251 Å². The van der Waals surface area contributed by atoms with E-state index in [1.165, 1.54) is 6.92 Å². The average molecular weight is 637 g/mol. The molecule has 0 fully saturated rings. The Morgan fingerprint density at radius 1 is 0.341 bits per heavy atom. The van der Waals surface area contributed by atoms with E-state index in [4.69, 9.17) is 33.5 Å². The zero-order valence-corrected chi connectivity index (χ0v) is 25.5. The van der Waals surface area contributed by atoms with Crippen LogP contribution in [0.3, 0.4) is 0 Å². The lowest BCUT2D eigenvalue weighted by atomic mass is 10.3. The SMILES string of the molecule is CC(=O)O[C@@H](C)C(=O)O[C@@H](C)C(=O)O[C@@H](C)C(=O)O[C@@H](C)C(=O)O[C@@H](C)C(=O)O[C@@H](C)C(=O)O[C@@H](C)C(=O)O[C@@H](C)C(=O)O. The summed E-state index contributed by atoms with van der Waals surface area (Å²) in [5, 5.41) is 8.76. The molecule has 0 rings (SSSR count). The Hall–Kier alpha value is -4.77. The molecule has 0 aliphatic heterocycles. The molecule has 0 bridgehead atoms. The summed E-state index contributed by atoms with van der Waals surface area (Å²) in [7, 11) is 0. The number of carbonyl (C=O) groups is 9. The molecular formula is C26H36O18. The minimum Gasteiger partial charge on any atom is -0.479 e. The third-order valence-electron chi connectivity index (χ3n) is 5.06. The van der Waals surface area contributed by atoms with Crippen molar-refractivity contribution in [3.8, 4) is 0 Å². The first-order valence-electron chi connectivity index (χ1n) is 13.0. The van der Waals surface area contributed by atoms with Crippen LogP contribution in [-0.2, 0) is 81.0 Å². The van der Waals surface area contributed by atoms with E-state index in [0.29, 0.717) is 0 Å². The number of carboxylic acid groups (broad SMARTS) is 1. The zero-order valence-electron chi connectivity index (χ0n) is 25.5. The molecule has 0 saturated heterocycles. The molecule has 0 aliphatic rings. The normalized spacial score (nSPS) is 16.0. The van der Waals surface area contributed by atoms with E-state index in [2.05, 4.69) is 9.47 Å². The fraction of sp³-hybridized carbons (Fsp3) is 0.654. The summed E-state index contributed by atoms with van der Waals surface area (Å²) in [4.78, 5) is 106. The predicted molar refractivity (Wildman–Crippen MR) is 138 cm³/mol. The highest BCUT2D eigenvalue weighted by atomic mass is 16.7. The van der Waals surface area contributed by atoms with Gasteiger partial charge in [0.2, 0.25) is 0 Å². The van der Waals surface area contributed by atoms with E-state index in [1.807, 2.05) is 0 Å². The first-order chi connectivity index (χ1) is 20.2. The summed E-state index contributed by atoms with van der Waals surface area (Å²) in [6.07, 6.45) is -12.2. The molecule has 44 heavy (non-hydrogen) atoms. The first kappa shape index (κ1) is 39.2. The monoisotopic (exact) mass is 636 g/mol. The topological polar surface area (TPSA) is 248 Å². The van der Waals surface area contributed by atoms with Gasteiger partial charge in [-0.05, 0) is 55.4 Å². The van der Waals surface area contributed by atoms with Crippen molar-refractivity contribution in [1.82, 2.24) is 0 Å². The van der Waals surface area contributed by atoms with Crippen LogP contribution >= 0.6 is 0 Å². The van der Waals surface area contributed by atoms with Crippen LogP contribution in [0.15, 0.2) is 0 Å². The molecule has 0 spiro atoms. The van der Waals surface area contributed by atoms with Crippen LogP contribution in [0.1, 0.15) is 62.3 Å². The van der Waals surface area contributed by atoms with Crippen molar-refractivity contribution in [3.05, 3.63) is 0 Å². The second kappa shape index (κ2) is 18.0. The van der Waals surface area contributed by atoms with Gasteiger partial charge in [-0.15, -0.1) is 0 Å². The third-order valence-corrected chi connectivity index (χ3v) is 5.06. The summed E-state index contributed by atoms with van der Waals surface area (Å²) in [6, 6.07) is 0. The molecular weight excluding hydrogens is 600 g/mol. The molecule has 18 heteroatoms. The largest absolute Gasteiger partial charge is 0.479 e. The predicted octanol–water partition coefficient (Wildman–Crippen LogP) is -0.455. The van der Waals surface area contributed by atoms with Crippen molar-refractivity contribution in [3.63, 3.8) is 0 Å². The van der Waals surface area contributed by atoms with Gasteiger partial charge >= 0.3 is 53.7 Å². The summed E-state index contributed by atoms with van der Waals surface area (Å²) in [5.41, 5.74) is 0. The molecule has 0 unspecified atom stereocenters. The standard InChI is InChI=1S/C26H36O18/c1-10(19(28)29)38-21(31)12(3)40-23(33)14(5)42-25(35)16(7)44-26(36)17(8)43-24(34)15(6)41-22(32)13(4)39-20(30)11(2)37-18(9)27/h10-17H,1-9H3,(H,28,29)/t10-,11-,12-,13-,14-,15-,16-,17-/m0/s1. The Kier molecular flexibility index (Phi) is 16.1. The summed E-state index contributed by atoms with van der Waals surface area (Å²) in [5.74, 6) is -10.4. The molecule has 0 saturated carbocycles. The highest BCUT2D eigenvalue weighted by molar-refractivity contribution is 5.87. The number of carboxylic acids is 1. The van der Waals surface area contributed by atoms with Gasteiger partial charge in [0.25, 0.3) is 0 Å². The summed E-state index contributed by atoms with van der Waals surface area (Å²) in [6.45, 7) is 9.95. The fourth-order valence-corrected chi connectivity index (χ4v) is 2.53. The average Bonchev–Trinajstić information content (AvgIpc) is 2.91. The van der Waals surface area contributed by atoms with E-state index in [0.717, 1.165) is 55.4 Å². The molecule has 1 N–H and O–H groups in total. The molecule has 248 valence electrons. The van der Waals surface area contributed by atoms with Crippen molar-refractivity contribution in [2.24, 2.45) is 0 Å². The van der Waals surface area contributed by atoms with Crippen molar-refractivity contribution in [2.75, 3.05) is 0 Å². The lowest BCUT2D eigenvalue weighted by Gasteiger charge is -2.21. The second-order valence-electron chi connectivity index (χ2n) is 9.14. The molecule has 0 heterocycles. The highest BCUT2D eigenvalue weighted by Crippen LogP contribution is 2.09. The second-order valence-corrected chi connectivity index (χ2v) is 9.14. The smallest absolute Gasteiger partial charge is 0.347 e. The number of hydrogen-bond donors (Lipinski definition) is 1. The van der Waals surface area contributed by atoms with Crippen LogP contribution in [-0.4, -0.2) is 108 Å². The van der Waals surface area contributed by atoms with Gasteiger partial charge < -0.3 is 43.0 Å². The van der Waals surface area contributed by atoms with Gasteiger partial charge in [-0.3, -0.25) is 4.79 Å². The lowest BCUT2D eigenvalue weighted by Crippen LogP contribution is -2.39. The maximum absolute atomic E-state index is 12.3.